The maximum absolute atomic E-state index is 12.5. The Balaban J connectivity index is 6.62. The highest BCUT2D eigenvalue weighted by Gasteiger charge is 2.57. The summed E-state index contributed by atoms with van der Waals surface area (Å²) in [5.41, 5.74) is -6.28. The fourth-order valence-corrected chi connectivity index (χ4v) is 12.5. The molecular weight excluding hydrogens is 482 g/mol. The van der Waals surface area contributed by atoms with Gasteiger partial charge in [-0.15, -0.1) is 0 Å². The van der Waals surface area contributed by atoms with E-state index in [1.54, 1.807) is 41.5 Å². The lowest BCUT2D eigenvalue weighted by Gasteiger charge is -2.39. The van der Waals surface area contributed by atoms with E-state index in [9.17, 15) is 31.7 Å². The number of hydrogen-bond donors (Lipinski definition) is 0. The Hall–Kier alpha value is -0.373. The molecule has 0 N–H and O–H groups in total. The van der Waals surface area contributed by atoms with Crippen LogP contribution in [0, 0.1) is 10.1 Å². The van der Waals surface area contributed by atoms with Crippen LogP contribution in [0.2, 0.25) is 16.6 Å². The molecule has 24 heavy (non-hydrogen) atoms. The summed E-state index contributed by atoms with van der Waals surface area (Å²) < 4.78 is 63.3. The first-order valence-electron chi connectivity index (χ1n) is 7.08. The minimum atomic E-state index is -5.96. The average Bonchev–Trinajstić information content (AvgIpc) is 2.30. The van der Waals surface area contributed by atoms with E-state index in [0.29, 0.717) is 0 Å². The van der Waals surface area contributed by atoms with Gasteiger partial charge in [0.15, 0.2) is 8.07 Å². The molecule has 0 aliphatic heterocycles. The summed E-state index contributed by atoms with van der Waals surface area (Å²) in [5.74, 6) is 0. The van der Waals surface area contributed by atoms with Gasteiger partial charge < -0.3 is 4.18 Å². The first kappa shape index (κ1) is 23.6. The molecule has 0 fully saturated rings. The second-order valence-corrected chi connectivity index (χ2v) is 14.6. The van der Waals surface area contributed by atoms with Crippen LogP contribution in [-0.4, -0.2) is 26.9 Å². The summed E-state index contributed by atoms with van der Waals surface area (Å²) in [7, 11) is -8.99. The molecule has 142 valence electrons. The zero-order valence-electron chi connectivity index (χ0n) is 14.1. The minimum Gasteiger partial charge on any atom is -0.363 e. The van der Waals surface area contributed by atoms with Crippen molar-refractivity contribution in [3.8, 4) is 0 Å². The summed E-state index contributed by atoms with van der Waals surface area (Å²) in [6.07, 6.45) is 0. The van der Waals surface area contributed by atoms with Crippen molar-refractivity contribution in [2.45, 2.75) is 63.7 Å². The number of hydrogen-bond acceptors (Lipinski definition) is 5. The Labute approximate surface area is 154 Å². The zero-order chi connectivity index (χ0) is 19.7. The zero-order valence-corrected chi connectivity index (χ0v) is 18.1. The van der Waals surface area contributed by atoms with E-state index in [2.05, 4.69) is 4.18 Å². The lowest BCUT2D eigenvalue weighted by atomic mass is 10.5. The van der Waals surface area contributed by atoms with E-state index < -0.39 is 37.7 Å². The highest BCUT2D eigenvalue weighted by molar-refractivity contribution is 14.1. The molecule has 0 radical (unpaired) electrons. The number of halogens is 4. The maximum atomic E-state index is 12.5. The van der Waals surface area contributed by atoms with Crippen LogP contribution in [0.15, 0.2) is 9.09 Å². The molecule has 0 heterocycles. The lowest BCUT2D eigenvalue weighted by Crippen LogP contribution is -2.49. The standard InChI is InChI=1S/C12H21F3INO5SSi/c1-7(2)24(8(3)4,9(5)6)11(17(18)19)10(16)22-23(20,21)12(13,14)15/h7-9H,1-6H3/b11-10+. The van der Waals surface area contributed by atoms with Crippen molar-refractivity contribution in [3.05, 3.63) is 19.2 Å². The second kappa shape index (κ2) is 7.89. The van der Waals surface area contributed by atoms with E-state index in [4.69, 9.17) is 0 Å². The molecule has 0 bridgehead atoms. The molecule has 0 saturated carbocycles. The van der Waals surface area contributed by atoms with Crippen molar-refractivity contribution < 1.29 is 30.7 Å². The summed E-state index contributed by atoms with van der Waals surface area (Å²) >= 11 is 1.18. The van der Waals surface area contributed by atoms with Gasteiger partial charge >= 0.3 is 15.6 Å². The van der Waals surface area contributed by atoms with E-state index in [1.807, 2.05) is 0 Å². The van der Waals surface area contributed by atoms with E-state index in [1.165, 1.54) is 22.6 Å². The molecule has 0 aromatic heterocycles. The molecule has 12 heteroatoms. The molecule has 0 atom stereocenters. The van der Waals surface area contributed by atoms with Crippen molar-refractivity contribution in [2.75, 3.05) is 0 Å². The third kappa shape index (κ3) is 4.42. The Kier molecular flexibility index (Phi) is 7.77. The van der Waals surface area contributed by atoms with Gasteiger partial charge in [0, 0.05) is 22.6 Å². The normalized spacial score (nSPS) is 15.0. The SMILES string of the molecule is CC(C)[Si](/C(=C(\I)OS(=O)(=O)C(F)(F)F)[N+](=O)[O-])(C(C)C)C(C)C. The third-order valence-corrected chi connectivity index (χ3v) is 13.6. The minimum absolute atomic E-state index is 0.208. The van der Waals surface area contributed by atoms with Crippen LogP contribution >= 0.6 is 22.6 Å². The molecule has 0 aliphatic rings. The van der Waals surface area contributed by atoms with Gasteiger partial charge in [0.1, 0.15) is 0 Å². The van der Waals surface area contributed by atoms with Crippen LogP contribution in [0.1, 0.15) is 41.5 Å². The third-order valence-electron chi connectivity index (χ3n) is 4.11. The van der Waals surface area contributed by atoms with Gasteiger partial charge in [-0.3, -0.25) is 10.1 Å². The Morgan fingerprint density at radius 3 is 1.62 bits per heavy atom. The molecule has 0 spiro atoms. The molecule has 6 nitrogen and oxygen atoms in total. The average molecular weight is 503 g/mol. The fourth-order valence-electron chi connectivity index (χ4n) is 3.40. The van der Waals surface area contributed by atoms with Crippen LogP contribution in [0.3, 0.4) is 0 Å². The predicted octanol–water partition coefficient (Wildman–Crippen LogP) is 4.95. The first-order valence-corrected chi connectivity index (χ1v) is 11.8. The van der Waals surface area contributed by atoms with Gasteiger partial charge in [0.05, 0.1) is 4.92 Å². The highest BCUT2D eigenvalue weighted by Crippen LogP contribution is 2.48. The smallest absolute Gasteiger partial charge is 0.363 e. The number of nitro groups is 1. The largest absolute Gasteiger partial charge is 0.534 e. The van der Waals surface area contributed by atoms with Crippen molar-refractivity contribution >= 4 is 40.8 Å². The molecule has 0 aromatic rings. The molecule has 0 rings (SSSR count). The Bertz CT molecular complexity index is 595. The van der Waals surface area contributed by atoms with Gasteiger partial charge in [-0.1, -0.05) is 41.5 Å². The van der Waals surface area contributed by atoms with Crippen molar-refractivity contribution in [2.24, 2.45) is 0 Å². The summed E-state index contributed by atoms with van der Waals surface area (Å²) in [5, 5.41) is 11.1. The van der Waals surface area contributed by atoms with Gasteiger partial charge in [0.25, 0.3) is 5.32 Å². The van der Waals surface area contributed by atoms with Gasteiger partial charge in [0.2, 0.25) is 3.77 Å². The van der Waals surface area contributed by atoms with E-state index >= 15 is 0 Å². The monoisotopic (exact) mass is 503 g/mol. The van der Waals surface area contributed by atoms with Crippen molar-refractivity contribution in [1.82, 2.24) is 0 Å². The quantitative estimate of drug-likeness (QED) is 0.0934. The van der Waals surface area contributed by atoms with E-state index in [0.717, 1.165) is 0 Å². The van der Waals surface area contributed by atoms with Crippen LogP contribution in [0.4, 0.5) is 13.2 Å². The topological polar surface area (TPSA) is 86.5 Å². The van der Waals surface area contributed by atoms with Gasteiger partial charge in [-0.2, -0.15) is 21.6 Å². The number of nitrogens with zero attached hydrogens (tertiary/aromatic N) is 1. The fraction of sp³-hybridized carbons (Fsp3) is 0.833. The summed E-state index contributed by atoms with van der Waals surface area (Å²) in [6.45, 7) is 10.6. The molecule has 0 amide bonds. The molecular formula is C12H21F3INO5SSi. The van der Waals surface area contributed by atoms with Crippen LogP contribution in [-0.2, 0) is 14.3 Å². The molecule has 0 aliphatic carbocycles. The maximum Gasteiger partial charge on any atom is 0.534 e. The van der Waals surface area contributed by atoms with Gasteiger partial charge in [-0.25, -0.2) is 0 Å². The summed E-state index contributed by atoms with van der Waals surface area (Å²) in [6, 6.07) is 0. The number of rotatable bonds is 7. The van der Waals surface area contributed by atoms with E-state index in [-0.39, 0.29) is 16.6 Å². The molecule has 0 unspecified atom stereocenters. The number of alkyl halides is 3. The second-order valence-electron chi connectivity index (χ2n) is 6.26. The first-order chi connectivity index (χ1) is 10.5. The van der Waals surface area contributed by atoms with Gasteiger partial charge in [-0.05, 0) is 16.6 Å². The summed E-state index contributed by atoms with van der Waals surface area (Å²) in [4.78, 5) is 10.9. The highest BCUT2D eigenvalue weighted by atomic mass is 127. The van der Waals surface area contributed by atoms with Crippen LogP contribution in [0.25, 0.3) is 0 Å². The van der Waals surface area contributed by atoms with Crippen LogP contribution in [0.5, 0.6) is 0 Å². The molecule has 0 saturated heterocycles. The Morgan fingerprint density at radius 2 is 1.42 bits per heavy atom. The predicted molar refractivity (Wildman–Crippen MR) is 95.1 cm³/mol. The lowest BCUT2D eigenvalue weighted by molar-refractivity contribution is -0.416. The molecule has 0 aromatic carbocycles. The Morgan fingerprint density at radius 1 is 1.08 bits per heavy atom. The van der Waals surface area contributed by atoms with Crippen molar-refractivity contribution in [3.63, 3.8) is 0 Å². The van der Waals surface area contributed by atoms with Crippen LogP contribution < -0.4 is 0 Å². The van der Waals surface area contributed by atoms with Crippen molar-refractivity contribution in [1.29, 1.82) is 0 Å².